The minimum absolute atomic E-state index is 0.00207. The molecule has 0 spiro atoms. The molecule has 6 aliphatic rings. The Morgan fingerprint density at radius 1 is 0.714 bits per heavy atom. The van der Waals surface area contributed by atoms with Gasteiger partial charge in [-0.15, -0.1) is 0 Å². The molecular weight excluding hydrogens is 350 g/mol. The third kappa shape index (κ3) is 3.66. The van der Waals surface area contributed by atoms with Gasteiger partial charge in [0.25, 0.3) is 0 Å². The van der Waals surface area contributed by atoms with Crippen LogP contribution in [-0.4, -0.2) is 42.0 Å². The van der Waals surface area contributed by atoms with E-state index >= 15 is 0 Å². The van der Waals surface area contributed by atoms with Crippen LogP contribution in [-0.2, 0) is 4.79 Å². The first-order chi connectivity index (χ1) is 13.6. The van der Waals surface area contributed by atoms with Gasteiger partial charge in [0, 0.05) is 25.2 Å². The van der Waals surface area contributed by atoms with Gasteiger partial charge < -0.3 is 15.5 Å². The van der Waals surface area contributed by atoms with Crippen LogP contribution in [0.15, 0.2) is 0 Å². The van der Waals surface area contributed by atoms with Crippen LogP contribution in [0, 0.1) is 23.2 Å². The van der Waals surface area contributed by atoms with Crippen molar-refractivity contribution in [3.05, 3.63) is 0 Å². The van der Waals surface area contributed by atoms with Gasteiger partial charge in [0.05, 0.1) is 5.41 Å². The van der Waals surface area contributed by atoms with Gasteiger partial charge in [-0.25, -0.2) is 4.79 Å². The first-order valence-corrected chi connectivity index (χ1v) is 12.0. The van der Waals surface area contributed by atoms with Crippen LogP contribution in [0.2, 0.25) is 0 Å². The topological polar surface area (TPSA) is 61.4 Å². The number of carbonyl (C=O) groups excluding carboxylic acids is 2. The van der Waals surface area contributed by atoms with Crippen molar-refractivity contribution in [2.45, 2.75) is 95.6 Å². The van der Waals surface area contributed by atoms with Gasteiger partial charge >= 0.3 is 6.03 Å². The molecule has 0 atom stereocenters. The fraction of sp³-hybridized carbons (Fsp3) is 0.913. The molecule has 2 N–H and O–H groups in total. The normalized spacial score (nSPS) is 38.4. The maximum Gasteiger partial charge on any atom is 0.315 e. The molecule has 6 rings (SSSR count). The standard InChI is InChI=1S/C23H37N3O2/c27-21(23-13-16-10-17(14-23)12-18(11-16)15-23)26-8-6-20(7-9-26)25-22(28)24-19-4-2-1-3-5-19/h16-20H,1-15H2,(H2,24,25,28). The predicted octanol–water partition coefficient (Wildman–Crippen LogP) is 3.83. The number of urea groups is 1. The van der Waals surface area contributed by atoms with E-state index in [0.717, 1.165) is 75.8 Å². The lowest BCUT2D eigenvalue weighted by Crippen LogP contribution is -2.57. The molecule has 6 fully saturated rings. The Balaban J connectivity index is 1.11. The van der Waals surface area contributed by atoms with Crippen LogP contribution in [0.25, 0.3) is 0 Å². The molecular formula is C23H37N3O2. The summed E-state index contributed by atoms with van der Waals surface area (Å²) in [6.45, 7) is 1.63. The summed E-state index contributed by atoms with van der Waals surface area (Å²) in [7, 11) is 0. The van der Waals surface area contributed by atoms with Gasteiger partial charge in [-0.05, 0) is 82.0 Å². The first kappa shape index (κ1) is 18.7. The molecule has 0 radical (unpaired) electrons. The summed E-state index contributed by atoms with van der Waals surface area (Å²) < 4.78 is 0. The lowest BCUT2D eigenvalue weighted by Gasteiger charge is -2.57. The number of nitrogens with zero attached hydrogens (tertiary/aromatic N) is 1. The molecule has 4 bridgehead atoms. The number of nitrogens with one attached hydrogen (secondary N) is 2. The summed E-state index contributed by atoms with van der Waals surface area (Å²) >= 11 is 0. The fourth-order valence-electron chi connectivity index (χ4n) is 7.59. The molecule has 0 aromatic rings. The molecule has 5 heteroatoms. The number of piperidine rings is 1. The van der Waals surface area contributed by atoms with Crippen molar-refractivity contribution >= 4 is 11.9 Å². The largest absolute Gasteiger partial charge is 0.342 e. The van der Waals surface area contributed by atoms with E-state index in [1.165, 1.54) is 38.5 Å². The third-order valence-electron chi connectivity index (χ3n) is 8.55. The molecule has 156 valence electrons. The molecule has 5 nitrogen and oxygen atoms in total. The second kappa shape index (κ2) is 7.53. The monoisotopic (exact) mass is 387 g/mol. The SMILES string of the molecule is O=C(NC1CCCCC1)NC1CCN(C(=O)C23CC4CC(CC(C4)C2)C3)CC1. The van der Waals surface area contributed by atoms with Gasteiger partial charge in [-0.2, -0.15) is 0 Å². The Morgan fingerprint density at radius 2 is 1.21 bits per heavy atom. The smallest absolute Gasteiger partial charge is 0.315 e. The average molecular weight is 388 g/mol. The molecule has 5 aliphatic carbocycles. The van der Waals surface area contributed by atoms with Crippen molar-refractivity contribution in [3.63, 3.8) is 0 Å². The summed E-state index contributed by atoms with van der Waals surface area (Å²) in [5.74, 6) is 2.91. The highest BCUT2D eigenvalue weighted by Crippen LogP contribution is 2.60. The molecule has 0 unspecified atom stereocenters. The maximum absolute atomic E-state index is 13.5. The van der Waals surface area contributed by atoms with Gasteiger partial charge in [-0.3, -0.25) is 4.79 Å². The van der Waals surface area contributed by atoms with Gasteiger partial charge in [-0.1, -0.05) is 19.3 Å². The van der Waals surface area contributed by atoms with E-state index in [0.29, 0.717) is 11.9 Å². The van der Waals surface area contributed by atoms with Crippen LogP contribution >= 0.6 is 0 Å². The molecule has 0 aromatic heterocycles. The zero-order valence-corrected chi connectivity index (χ0v) is 17.3. The van der Waals surface area contributed by atoms with Gasteiger partial charge in [0.15, 0.2) is 0 Å². The van der Waals surface area contributed by atoms with E-state index in [1.807, 2.05) is 0 Å². The van der Waals surface area contributed by atoms with Crippen LogP contribution in [0.3, 0.4) is 0 Å². The highest BCUT2D eigenvalue weighted by Gasteiger charge is 2.55. The van der Waals surface area contributed by atoms with E-state index in [2.05, 4.69) is 15.5 Å². The highest BCUT2D eigenvalue weighted by molar-refractivity contribution is 5.83. The summed E-state index contributed by atoms with van der Waals surface area (Å²) in [6.07, 6.45) is 15.4. The Hall–Kier alpha value is -1.26. The Morgan fingerprint density at radius 3 is 1.75 bits per heavy atom. The number of rotatable bonds is 3. The minimum atomic E-state index is -0.0205. The average Bonchev–Trinajstić information content (AvgIpc) is 2.68. The molecule has 1 aliphatic heterocycles. The second-order valence-electron chi connectivity index (χ2n) is 10.7. The van der Waals surface area contributed by atoms with E-state index in [-0.39, 0.29) is 17.5 Å². The van der Waals surface area contributed by atoms with Gasteiger partial charge in [0.2, 0.25) is 5.91 Å². The van der Waals surface area contributed by atoms with E-state index in [9.17, 15) is 9.59 Å². The number of hydrogen-bond acceptors (Lipinski definition) is 2. The van der Waals surface area contributed by atoms with Crippen LogP contribution in [0.4, 0.5) is 4.79 Å². The summed E-state index contributed by atoms with van der Waals surface area (Å²) in [5.41, 5.74) is -0.0205. The van der Waals surface area contributed by atoms with Crippen molar-refractivity contribution < 1.29 is 9.59 Å². The number of carbonyl (C=O) groups is 2. The zero-order valence-electron chi connectivity index (χ0n) is 17.3. The summed E-state index contributed by atoms with van der Waals surface area (Å²) in [6, 6.07) is 0.563. The Kier molecular flexibility index (Phi) is 5.04. The minimum Gasteiger partial charge on any atom is -0.342 e. The molecule has 0 aromatic carbocycles. The molecule has 1 heterocycles. The first-order valence-electron chi connectivity index (χ1n) is 12.0. The quantitative estimate of drug-likeness (QED) is 0.773. The number of hydrogen-bond donors (Lipinski definition) is 2. The Labute approximate surface area is 169 Å². The number of likely N-dealkylation sites (tertiary alicyclic amines) is 1. The summed E-state index contributed by atoms with van der Waals surface area (Å²) in [4.78, 5) is 27.9. The molecule has 5 saturated carbocycles. The van der Waals surface area contributed by atoms with Crippen molar-refractivity contribution in [1.82, 2.24) is 15.5 Å². The molecule has 3 amide bonds. The molecule has 28 heavy (non-hydrogen) atoms. The lowest BCUT2D eigenvalue weighted by molar-refractivity contribution is -0.158. The second-order valence-corrected chi connectivity index (χ2v) is 10.7. The van der Waals surface area contributed by atoms with Gasteiger partial charge in [0.1, 0.15) is 0 Å². The fourth-order valence-corrected chi connectivity index (χ4v) is 7.59. The highest BCUT2D eigenvalue weighted by atomic mass is 16.2. The van der Waals surface area contributed by atoms with Crippen molar-refractivity contribution in [1.29, 1.82) is 0 Å². The van der Waals surface area contributed by atoms with Crippen LogP contribution in [0.5, 0.6) is 0 Å². The zero-order chi connectivity index (χ0) is 19.1. The van der Waals surface area contributed by atoms with E-state index in [4.69, 9.17) is 0 Å². The van der Waals surface area contributed by atoms with Crippen molar-refractivity contribution in [3.8, 4) is 0 Å². The Bertz CT molecular complexity index is 570. The van der Waals surface area contributed by atoms with Crippen LogP contribution < -0.4 is 10.6 Å². The third-order valence-corrected chi connectivity index (χ3v) is 8.55. The predicted molar refractivity (Wildman–Crippen MR) is 109 cm³/mol. The summed E-state index contributed by atoms with van der Waals surface area (Å²) in [5, 5.41) is 6.33. The molecule has 1 saturated heterocycles. The van der Waals surface area contributed by atoms with E-state index < -0.39 is 0 Å². The van der Waals surface area contributed by atoms with E-state index in [1.54, 1.807) is 0 Å². The van der Waals surface area contributed by atoms with Crippen molar-refractivity contribution in [2.24, 2.45) is 23.2 Å². The van der Waals surface area contributed by atoms with Crippen LogP contribution in [0.1, 0.15) is 83.5 Å². The number of amides is 3. The lowest BCUT2D eigenvalue weighted by atomic mass is 9.49. The van der Waals surface area contributed by atoms with Crippen molar-refractivity contribution in [2.75, 3.05) is 13.1 Å². The maximum atomic E-state index is 13.5.